The highest BCUT2D eigenvalue weighted by molar-refractivity contribution is 7.91. The fraction of sp³-hybridized carbons (Fsp3) is 0.477. The number of rotatable bonds is 14. The maximum absolute atomic E-state index is 14.7. The van der Waals surface area contributed by atoms with E-state index in [0.29, 0.717) is 40.9 Å². The van der Waals surface area contributed by atoms with Gasteiger partial charge in [0.2, 0.25) is 21.8 Å². The van der Waals surface area contributed by atoms with Gasteiger partial charge in [-0.3, -0.25) is 19.1 Å². The van der Waals surface area contributed by atoms with E-state index in [-0.39, 0.29) is 38.2 Å². The van der Waals surface area contributed by atoms with Crippen LogP contribution in [0.1, 0.15) is 73.6 Å². The predicted molar refractivity (Wildman–Crippen MR) is 231 cm³/mol. The van der Waals surface area contributed by atoms with Gasteiger partial charge in [0.25, 0.3) is 5.91 Å². The number of alkyl carbamates (subject to hydrolysis) is 1. The monoisotopic (exact) mass is 865 g/mol. The number of ether oxygens (including phenoxy) is 3. The lowest BCUT2D eigenvalue weighted by Crippen LogP contribution is -2.60. The number of hydrogen-bond donors (Lipinski definition) is 3. The summed E-state index contributed by atoms with van der Waals surface area (Å²) >= 11 is 0. The number of allylic oxidation sites excluding steroid dienone is 1. The Balaban J connectivity index is 0.00000683. The average molecular weight is 866 g/mol. The van der Waals surface area contributed by atoms with E-state index in [1.165, 1.54) is 17.1 Å². The molecule has 2 aromatic carbocycles. The number of hydrogen-bond acceptors (Lipinski definition) is 10. The van der Waals surface area contributed by atoms with Crippen molar-refractivity contribution in [2.24, 2.45) is 11.3 Å². The Morgan fingerprint density at radius 2 is 1.70 bits per heavy atom. The summed E-state index contributed by atoms with van der Waals surface area (Å²) in [7, 11) is -2.55. The van der Waals surface area contributed by atoms with Gasteiger partial charge in [-0.2, -0.15) is 0 Å². The molecule has 2 aliphatic carbocycles. The van der Waals surface area contributed by atoms with Gasteiger partial charge in [0, 0.05) is 35.4 Å². The minimum atomic E-state index is -4.11. The highest BCUT2D eigenvalue weighted by Crippen LogP contribution is 2.49. The third kappa shape index (κ3) is 9.57. The van der Waals surface area contributed by atoms with Crippen molar-refractivity contribution >= 4 is 57.1 Å². The zero-order valence-corrected chi connectivity index (χ0v) is 36.8. The first kappa shape index (κ1) is 45.9. The molecule has 16 heteroatoms. The van der Waals surface area contributed by atoms with Crippen LogP contribution in [-0.2, 0) is 29.1 Å². The van der Waals surface area contributed by atoms with Crippen molar-refractivity contribution in [2.75, 3.05) is 13.7 Å². The molecule has 3 N–H and O–H groups in total. The van der Waals surface area contributed by atoms with Gasteiger partial charge < -0.3 is 29.7 Å². The summed E-state index contributed by atoms with van der Waals surface area (Å²) in [6.45, 7) is 17.9. The molecule has 1 saturated heterocycles. The van der Waals surface area contributed by atoms with E-state index in [1.54, 1.807) is 60.8 Å². The molecule has 3 aromatic rings. The molecule has 2 saturated carbocycles. The zero-order valence-electron chi connectivity index (χ0n) is 35.2. The largest absolute Gasteiger partial charge is 0.497 e. The van der Waals surface area contributed by atoms with Crippen LogP contribution in [0.15, 0.2) is 79.9 Å². The Hall–Kier alpha value is -5.15. The first-order chi connectivity index (χ1) is 27.7. The van der Waals surface area contributed by atoms with E-state index in [2.05, 4.69) is 28.5 Å². The van der Waals surface area contributed by atoms with Gasteiger partial charge in [-0.25, -0.2) is 18.2 Å². The standard InChI is InChI=1S/C44H55N5O9S.ClH/c1-10-19-43(20-21-43)59(54,55)48-39(52)44(25-28(44)11-2)47-37(50)34-23-30(26-49(34)38(51)36(41(3,4)5)46-40(53)58-42(6,7)8)57-35-24-32(27-15-13-12-14-16-27)45-33-22-29(56-9)17-18-31(33)35;/h10-18,22,24,28,30,34,36H,1-2,19-21,23,25-26H2,3-9H3,(H,46,53)(H,47,50)(H,48,52);1H. The molecule has 0 bridgehead atoms. The second-order valence-corrected chi connectivity index (χ2v) is 19.9. The van der Waals surface area contributed by atoms with Crippen molar-refractivity contribution in [1.29, 1.82) is 0 Å². The van der Waals surface area contributed by atoms with Crippen LogP contribution in [0.5, 0.6) is 11.5 Å². The summed E-state index contributed by atoms with van der Waals surface area (Å²) in [5.41, 5.74) is -1.24. The van der Waals surface area contributed by atoms with Crippen LogP contribution in [0.25, 0.3) is 22.2 Å². The SMILES string of the molecule is C=CCC1(S(=O)(=O)NC(=O)C2(NC(=O)C3CC(Oc4cc(-c5ccccc5)nc5cc(OC)ccc45)CN3C(=O)C(NC(=O)OC(C)(C)C)C(C)(C)C)CC2C=C)CC1.Cl. The highest BCUT2D eigenvalue weighted by atomic mass is 35.5. The van der Waals surface area contributed by atoms with E-state index in [4.69, 9.17) is 19.2 Å². The quantitative estimate of drug-likeness (QED) is 0.157. The summed E-state index contributed by atoms with van der Waals surface area (Å²) in [5, 5.41) is 6.24. The maximum Gasteiger partial charge on any atom is 0.408 e. The molecule has 324 valence electrons. The molecule has 1 aliphatic heterocycles. The number of fused-ring (bicyclic) bond motifs is 1. The number of pyridine rings is 1. The minimum Gasteiger partial charge on any atom is -0.497 e. The number of amides is 4. The molecule has 2 heterocycles. The summed E-state index contributed by atoms with van der Waals surface area (Å²) in [5.74, 6) is -1.65. The molecular weight excluding hydrogens is 810 g/mol. The summed E-state index contributed by atoms with van der Waals surface area (Å²) in [6, 6.07) is 14.4. The molecule has 5 atom stereocenters. The van der Waals surface area contributed by atoms with Gasteiger partial charge >= 0.3 is 6.09 Å². The third-order valence-corrected chi connectivity index (χ3v) is 13.3. The van der Waals surface area contributed by atoms with Crippen LogP contribution in [0, 0.1) is 11.3 Å². The second-order valence-electron chi connectivity index (χ2n) is 17.8. The van der Waals surface area contributed by atoms with Crippen LogP contribution in [0.2, 0.25) is 0 Å². The number of benzene rings is 2. The highest BCUT2D eigenvalue weighted by Gasteiger charge is 2.63. The molecule has 0 spiro atoms. The molecule has 1 aromatic heterocycles. The molecule has 60 heavy (non-hydrogen) atoms. The average Bonchev–Trinajstić information content (AvgIpc) is 4.07. The summed E-state index contributed by atoms with van der Waals surface area (Å²) < 4.78 is 45.7. The number of sulfonamides is 1. The lowest BCUT2D eigenvalue weighted by Gasteiger charge is -2.36. The lowest BCUT2D eigenvalue weighted by molar-refractivity contribution is -0.143. The van der Waals surface area contributed by atoms with Crippen molar-refractivity contribution in [1.82, 2.24) is 25.2 Å². The molecule has 4 amide bonds. The first-order valence-corrected chi connectivity index (χ1v) is 21.3. The molecule has 3 fully saturated rings. The van der Waals surface area contributed by atoms with Crippen molar-refractivity contribution < 1.29 is 41.8 Å². The van der Waals surface area contributed by atoms with E-state index >= 15 is 0 Å². The first-order valence-electron chi connectivity index (χ1n) is 19.8. The molecule has 6 rings (SSSR count). The summed E-state index contributed by atoms with van der Waals surface area (Å²) in [4.78, 5) is 62.6. The Bertz CT molecular complexity index is 2270. The van der Waals surface area contributed by atoms with Gasteiger partial charge in [0.05, 0.1) is 29.6 Å². The van der Waals surface area contributed by atoms with Gasteiger partial charge in [-0.1, -0.05) is 63.3 Å². The molecule has 5 unspecified atom stereocenters. The molecular formula is C44H56ClN5O9S. The topological polar surface area (TPSA) is 182 Å². The maximum atomic E-state index is 14.7. The number of aromatic nitrogens is 1. The van der Waals surface area contributed by atoms with E-state index in [0.717, 1.165) is 5.56 Å². The minimum absolute atomic E-state index is 0. The van der Waals surface area contributed by atoms with Crippen molar-refractivity contribution in [3.8, 4) is 22.8 Å². The van der Waals surface area contributed by atoms with E-state index < -0.39 is 79.2 Å². The van der Waals surface area contributed by atoms with Crippen molar-refractivity contribution in [3.63, 3.8) is 0 Å². The normalized spacial score (nSPS) is 22.3. The van der Waals surface area contributed by atoms with E-state index in [9.17, 15) is 27.6 Å². The Kier molecular flexibility index (Phi) is 13.1. The predicted octanol–water partition coefficient (Wildman–Crippen LogP) is 6.24. The van der Waals surface area contributed by atoms with Gasteiger partial charge in [0.15, 0.2) is 0 Å². The number of methoxy groups -OCH3 is 1. The Labute approximate surface area is 358 Å². The fourth-order valence-corrected chi connectivity index (χ4v) is 9.22. The fourth-order valence-electron chi connectivity index (χ4n) is 7.60. The van der Waals surface area contributed by atoms with E-state index in [1.807, 2.05) is 42.5 Å². The van der Waals surface area contributed by atoms with Crippen LogP contribution >= 0.6 is 12.4 Å². The van der Waals surface area contributed by atoms with Gasteiger partial charge in [-0.05, 0) is 64.0 Å². The Morgan fingerprint density at radius 1 is 1.02 bits per heavy atom. The number of carbonyl (C=O) groups excluding carboxylic acids is 4. The Morgan fingerprint density at radius 3 is 2.27 bits per heavy atom. The van der Waals surface area contributed by atoms with Gasteiger partial charge in [-0.15, -0.1) is 25.6 Å². The number of nitrogens with zero attached hydrogens (tertiary/aromatic N) is 2. The lowest BCUT2D eigenvalue weighted by atomic mass is 9.85. The molecule has 14 nitrogen and oxygen atoms in total. The summed E-state index contributed by atoms with van der Waals surface area (Å²) in [6.07, 6.45) is 2.51. The molecule has 0 radical (unpaired) electrons. The second kappa shape index (κ2) is 17.1. The van der Waals surface area contributed by atoms with Crippen LogP contribution in [0.4, 0.5) is 4.79 Å². The van der Waals surface area contributed by atoms with Crippen LogP contribution in [-0.4, -0.2) is 89.8 Å². The van der Waals surface area contributed by atoms with Crippen molar-refractivity contribution in [2.45, 2.75) is 108 Å². The number of nitrogens with one attached hydrogen (secondary N) is 3. The zero-order chi connectivity index (χ0) is 43.1. The molecule has 3 aliphatic rings. The van der Waals surface area contributed by atoms with Crippen LogP contribution < -0.4 is 24.8 Å². The number of carbonyl (C=O) groups is 4. The van der Waals surface area contributed by atoms with Gasteiger partial charge in [0.1, 0.15) is 40.8 Å². The third-order valence-electron chi connectivity index (χ3n) is 11.1. The number of likely N-dealkylation sites (tertiary alicyclic amines) is 1. The van der Waals surface area contributed by atoms with Crippen molar-refractivity contribution in [3.05, 3.63) is 79.9 Å². The van der Waals surface area contributed by atoms with Crippen LogP contribution in [0.3, 0.4) is 0 Å². The number of halogens is 1. The smallest absolute Gasteiger partial charge is 0.408 e.